The normalized spacial score (nSPS) is 22.8. The van der Waals surface area contributed by atoms with Gasteiger partial charge in [-0.25, -0.2) is 5.43 Å². The van der Waals surface area contributed by atoms with Crippen LogP contribution in [0.4, 0.5) is 0 Å². The summed E-state index contributed by atoms with van der Waals surface area (Å²) in [5, 5.41) is 3.24. The van der Waals surface area contributed by atoms with Crippen LogP contribution in [0.25, 0.3) is 0 Å². The van der Waals surface area contributed by atoms with Gasteiger partial charge in [0.2, 0.25) is 11.8 Å². The Hall–Kier alpha value is -2.70. The van der Waals surface area contributed by atoms with Gasteiger partial charge in [0.25, 0.3) is 0 Å². The smallest absolute Gasteiger partial charge is 0.230 e. The van der Waals surface area contributed by atoms with Crippen molar-refractivity contribution in [1.82, 2.24) is 21.1 Å². The van der Waals surface area contributed by atoms with Gasteiger partial charge in [0.1, 0.15) is 0 Å². The maximum Gasteiger partial charge on any atom is 0.230 e. The Morgan fingerprint density at radius 1 is 1.03 bits per heavy atom. The highest BCUT2D eigenvalue weighted by atomic mass is 16.2. The van der Waals surface area contributed by atoms with Gasteiger partial charge >= 0.3 is 0 Å². The van der Waals surface area contributed by atoms with Crippen LogP contribution < -0.4 is 16.2 Å². The molecule has 3 unspecified atom stereocenters. The number of nitrogens with one attached hydrogen (secondary N) is 3. The van der Waals surface area contributed by atoms with Crippen molar-refractivity contribution in [3.05, 3.63) is 71.8 Å². The summed E-state index contributed by atoms with van der Waals surface area (Å²) < 4.78 is 0. The molecule has 31 heavy (non-hydrogen) atoms. The molecule has 3 atom stereocenters. The summed E-state index contributed by atoms with van der Waals surface area (Å²) in [4.78, 5) is 28.0. The summed E-state index contributed by atoms with van der Waals surface area (Å²) in [6.45, 7) is 4.06. The highest BCUT2D eigenvalue weighted by Gasteiger charge is 2.35. The molecule has 0 aliphatic carbocycles. The molecule has 2 aromatic rings. The molecule has 3 N–H and O–H groups in total. The molecule has 2 amide bonds. The van der Waals surface area contributed by atoms with E-state index in [1.807, 2.05) is 65.6 Å². The first-order valence-corrected chi connectivity index (χ1v) is 11.3. The molecular formula is C25H32N4O2. The second kappa shape index (κ2) is 10.1. The first kappa shape index (κ1) is 21.5. The SMILES string of the molecule is CCC(C(=O)N1CCC(NC(=O)C2CNNC2c2ccccc2)CC1)c1ccccc1. The van der Waals surface area contributed by atoms with Crippen LogP contribution in [-0.2, 0) is 9.59 Å². The van der Waals surface area contributed by atoms with E-state index in [1.165, 1.54) is 0 Å². The number of hydrogen-bond acceptors (Lipinski definition) is 4. The molecule has 2 fully saturated rings. The Balaban J connectivity index is 1.31. The molecule has 0 bridgehead atoms. The highest BCUT2D eigenvalue weighted by Crippen LogP contribution is 2.26. The topological polar surface area (TPSA) is 73.5 Å². The quantitative estimate of drug-likeness (QED) is 0.672. The molecule has 4 rings (SSSR count). The molecule has 164 valence electrons. The number of hydrogen-bond donors (Lipinski definition) is 3. The van der Waals surface area contributed by atoms with Gasteiger partial charge in [-0.2, -0.15) is 0 Å². The summed E-state index contributed by atoms with van der Waals surface area (Å²) in [6.07, 6.45) is 2.39. The number of likely N-dealkylation sites (tertiary alicyclic amines) is 1. The van der Waals surface area contributed by atoms with Crippen molar-refractivity contribution in [2.24, 2.45) is 5.92 Å². The summed E-state index contributed by atoms with van der Waals surface area (Å²) in [5.41, 5.74) is 8.56. The Morgan fingerprint density at radius 3 is 2.32 bits per heavy atom. The average Bonchev–Trinajstić information content (AvgIpc) is 3.31. The molecule has 2 aliphatic rings. The van der Waals surface area contributed by atoms with E-state index in [0.29, 0.717) is 19.6 Å². The lowest BCUT2D eigenvalue weighted by atomic mass is 9.92. The number of amides is 2. The molecule has 0 saturated carbocycles. The second-order valence-corrected chi connectivity index (χ2v) is 8.50. The standard InChI is InChI=1S/C25H32N4O2/c1-2-21(18-9-5-3-6-10-18)25(31)29-15-13-20(14-16-29)27-24(30)22-17-26-28-23(22)19-11-7-4-8-12-19/h3-12,20-23,26,28H,2,13-17H2,1H3,(H,27,30). The third-order valence-corrected chi connectivity index (χ3v) is 6.54. The third kappa shape index (κ3) is 4.97. The summed E-state index contributed by atoms with van der Waals surface area (Å²) in [7, 11) is 0. The number of carbonyl (C=O) groups excluding carboxylic acids is 2. The van der Waals surface area contributed by atoms with Gasteiger partial charge in [0.05, 0.1) is 17.9 Å². The van der Waals surface area contributed by atoms with Crippen molar-refractivity contribution in [3.63, 3.8) is 0 Å². The molecule has 2 saturated heterocycles. The molecule has 6 nitrogen and oxygen atoms in total. The van der Waals surface area contributed by atoms with Crippen LogP contribution in [0.1, 0.15) is 49.3 Å². The van der Waals surface area contributed by atoms with Crippen molar-refractivity contribution < 1.29 is 9.59 Å². The Bertz CT molecular complexity index is 866. The van der Waals surface area contributed by atoms with Crippen LogP contribution in [-0.4, -0.2) is 42.4 Å². The van der Waals surface area contributed by atoms with Crippen LogP contribution in [0, 0.1) is 5.92 Å². The largest absolute Gasteiger partial charge is 0.353 e. The fourth-order valence-electron chi connectivity index (χ4n) is 4.73. The molecule has 2 heterocycles. The molecule has 2 aliphatic heterocycles. The lowest BCUT2D eigenvalue weighted by Crippen LogP contribution is -2.49. The number of rotatable bonds is 6. The van der Waals surface area contributed by atoms with Crippen LogP contribution in [0.5, 0.6) is 0 Å². The minimum atomic E-state index is -0.149. The predicted molar refractivity (Wildman–Crippen MR) is 121 cm³/mol. The second-order valence-electron chi connectivity index (χ2n) is 8.50. The van der Waals surface area contributed by atoms with Crippen LogP contribution in [0.3, 0.4) is 0 Å². The number of carbonyl (C=O) groups is 2. The van der Waals surface area contributed by atoms with Crippen molar-refractivity contribution in [2.75, 3.05) is 19.6 Å². The minimum Gasteiger partial charge on any atom is -0.353 e. The van der Waals surface area contributed by atoms with Crippen molar-refractivity contribution in [1.29, 1.82) is 0 Å². The zero-order chi connectivity index (χ0) is 21.6. The highest BCUT2D eigenvalue weighted by molar-refractivity contribution is 5.84. The minimum absolute atomic E-state index is 0.0287. The zero-order valence-electron chi connectivity index (χ0n) is 18.1. The van der Waals surface area contributed by atoms with E-state index in [-0.39, 0.29) is 35.7 Å². The van der Waals surface area contributed by atoms with E-state index in [0.717, 1.165) is 30.4 Å². The average molecular weight is 421 g/mol. The van der Waals surface area contributed by atoms with Crippen molar-refractivity contribution in [3.8, 4) is 0 Å². The molecule has 0 spiro atoms. The van der Waals surface area contributed by atoms with Crippen molar-refractivity contribution in [2.45, 2.75) is 44.2 Å². The maximum atomic E-state index is 13.1. The Kier molecular flexibility index (Phi) is 6.99. The fourth-order valence-corrected chi connectivity index (χ4v) is 4.73. The Labute approximate surface area is 184 Å². The first-order valence-electron chi connectivity index (χ1n) is 11.3. The molecule has 0 aromatic heterocycles. The van der Waals surface area contributed by atoms with Gasteiger partial charge in [-0.15, -0.1) is 0 Å². The van der Waals surface area contributed by atoms with Crippen LogP contribution in [0.15, 0.2) is 60.7 Å². The lowest BCUT2D eigenvalue weighted by Gasteiger charge is -2.35. The third-order valence-electron chi connectivity index (χ3n) is 6.54. The van der Waals surface area contributed by atoms with E-state index in [4.69, 9.17) is 0 Å². The molecular weight excluding hydrogens is 388 g/mol. The van der Waals surface area contributed by atoms with Gasteiger partial charge in [0, 0.05) is 25.7 Å². The molecule has 6 heteroatoms. The fraction of sp³-hybridized carbons (Fsp3) is 0.440. The van der Waals surface area contributed by atoms with E-state index in [2.05, 4.69) is 23.1 Å². The van der Waals surface area contributed by atoms with Gasteiger partial charge in [0.15, 0.2) is 0 Å². The maximum absolute atomic E-state index is 13.1. The first-order chi connectivity index (χ1) is 15.2. The van der Waals surface area contributed by atoms with Crippen LogP contribution in [0.2, 0.25) is 0 Å². The zero-order valence-corrected chi connectivity index (χ0v) is 18.1. The summed E-state index contributed by atoms with van der Waals surface area (Å²) in [6, 6.07) is 20.2. The molecule has 2 aromatic carbocycles. The number of piperidine rings is 1. The lowest BCUT2D eigenvalue weighted by molar-refractivity contribution is -0.134. The van der Waals surface area contributed by atoms with Gasteiger partial charge in [-0.1, -0.05) is 67.6 Å². The Morgan fingerprint density at radius 2 is 1.68 bits per heavy atom. The number of hydrazine groups is 1. The monoisotopic (exact) mass is 420 g/mol. The van der Waals surface area contributed by atoms with Gasteiger partial charge < -0.3 is 10.2 Å². The van der Waals surface area contributed by atoms with Gasteiger partial charge in [-0.05, 0) is 30.4 Å². The van der Waals surface area contributed by atoms with Crippen molar-refractivity contribution >= 4 is 11.8 Å². The summed E-state index contributed by atoms with van der Waals surface area (Å²) >= 11 is 0. The van der Waals surface area contributed by atoms with E-state index < -0.39 is 0 Å². The van der Waals surface area contributed by atoms with E-state index in [1.54, 1.807) is 0 Å². The summed E-state index contributed by atoms with van der Waals surface area (Å²) in [5.74, 6) is 0.0397. The number of benzene rings is 2. The van der Waals surface area contributed by atoms with Crippen LogP contribution >= 0.6 is 0 Å². The van der Waals surface area contributed by atoms with E-state index >= 15 is 0 Å². The van der Waals surface area contributed by atoms with Gasteiger partial charge in [-0.3, -0.25) is 15.0 Å². The molecule has 0 radical (unpaired) electrons. The predicted octanol–water partition coefficient (Wildman–Crippen LogP) is 2.75. The van der Waals surface area contributed by atoms with E-state index in [9.17, 15) is 9.59 Å². The number of nitrogens with zero attached hydrogens (tertiary/aromatic N) is 1.